The number of hydrogen-bond acceptors (Lipinski definition) is 4. The van der Waals surface area contributed by atoms with E-state index >= 15 is 0 Å². The number of rotatable bonds is 5. The maximum atomic E-state index is 4.55. The third kappa shape index (κ3) is 3.45. The van der Waals surface area contributed by atoms with Crippen LogP contribution in [0.25, 0.3) is 11.3 Å². The van der Waals surface area contributed by atoms with E-state index in [0.717, 1.165) is 34.6 Å². The zero-order valence-corrected chi connectivity index (χ0v) is 11.3. The Balaban J connectivity index is 2.21. The minimum absolute atomic E-state index is 0.560. The summed E-state index contributed by atoms with van der Waals surface area (Å²) in [6, 6.07) is 6.19. The summed E-state index contributed by atoms with van der Waals surface area (Å²) in [6.07, 6.45) is 3.71. The first-order chi connectivity index (χ1) is 9.20. The van der Waals surface area contributed by atoms with E-state index in [-0.39, 0.29) is 0 Å². The fourth-order valence-corrected chi connectivity index (χ4v) is 2.00. The predicted molar refractivity (Wildman–Crippen MR) is 78.2 cm³/mol. The highest BCUT2D eigenvalue weighted by Gasteiger charge is 2.05. The molecule has 0 radical (unpaired) electrons. The van der Waals surface area contributed by atoms with Crippen LogP contribution in [0.1, 0.15) is 16.8 Å². The second kappa shape index (κ2) is 6.20. The van der Waals surface area contributed by atoms with E-state index in [4.69, 9.17) is 0 Å². The van der Waals surface area contributed by atoms with E-state index in [1.165, 1.54) is 0 Å². The highest BCUT2D eigenvalue weighted by Crippen LogP contribution is 2.21. The number of aromatic nitrogens is 2. The lowest BCUT2D eigenvalue weighted by atomic mass is 10.1. The number of pyridine rings is 2. The SMILES string of the molecule is C=NCNCc1cnc(-c2ccnc(C)c2)c(C)c1. The van der Waals surface area contributed by atoms with Gasteiger partial charge >= 0.3 is 0 Å². The number of hydrogen-bond donors (Lipinski definition) is 1. The van der Waals surface area contributed by atoms with E-state index < -0.39 is 0 Å². The molecule has 4 heteroatoms. The Bertz CT molecular complexity index is 578. The van der Waals surface area contributed by atoms with Crippen molar-refractivity contribution in [1.82, 2.24) is 15.3 Å². The molecule has 0 amide bonds. The highest BCUT2D eigenvalue weighted by molar-refractivity contribution is 5.62. The molecule has 0 saturated heterocycles. The Morgan fingerprint density at radius 2 is 2.11 bits per heavy atom. The molecule has 4 nitrogen and oxygen atoms in total. The molecule has 0 saturated carbocycles. The first kappa shape index (κ1) is 13.4. The van der Waals surface area contributed by atoms with Gasteiger partial charge in [-0.2, -0.15) is 0 Å². The second-order valence-corrected chi connectivity index (χ2v) is 4.50. The van der Waals surface area contributed by atoms with Crippen LogP contribution in [0, 0.1) is 13.8 Å². The van der Waals surface area contributed by atoms with Crippen molar-refractivity contribution in [3.8, 4) is 11.3 Å². The summed E-state index contributed by atoms with van der Waals surface area (Å²) in [5.41, 5.74) is 5.43. The third-order valence-corrected chi connectivity index (χ3v) is 2.86. The number of nitrogens with zero attached hydrogens (tertiary/aromatic N) is 3. The summed E-state index contributed by atoms with van der Waals surface area (Å²) in [6.45, 7) is 8.81. The van der Waals surface area contributed by atoms with Crippen LogP contribution >= 0.6 is 0 Å². The Morgan fingerprint density at radius 1 is 1.26 bits per heavy atom. The Kier molecular flexibility index (Phi) is 4.36. The van der Waals surface area contributed by atoms with Gasteiger partial charge < -0.3 is 0 Å². The summed E-state index contributed by atoms with van der Waals surface area (Å²) in [7, 11) is 0. The van der Waals surface area contributed by atoms with Gasteiger partial charge in [-0.3, -0.25) is 20.3 Å². The summed E-state index contributed by atoms with van der Waals surface area (Å²) >= 11 is 0. The monoisotopic (exact) mass is 254 g/mol. The van der Waals surface area contributed by atoms with Crippen LogP contribution in [0.15, 0.2) is 35.6 Å². The molecule has 1 N–H and O–H groups in total. The first-order valence-corrected chi connectivity index (χ1v) is 6.22. The Morgan fingerprint density at radius 3 is 2.79 bits per heavy atom. The molecule has 2 aromatic rings. The van der Waals surface area contributed by atoms with Crippen molar-refractivity contribution in [1.29, 1.82) is 0 Å². The Hall–Kier alpha value is -2.07. The fraction of sp³-hybridized carbons (Fsp3) is 0.267. The van der Waals surface area contributed by atoms with Crippen LogP contribution in [0.4, 0.5) is 0 Å². The van der Waals surface area contributed by atoms with Gasteiger partial charge in [0, 0.05) is 30.2 Å². The molecular weight excluding hydrogens is 236 g/mol. The fourth-order valence-electron chi connectivity index (χ4n) is 2.00. The number of nitrogens with one attached hydrogen (secondary N) is 1. The molecule has 2 heterocycles. The number of aryl methyl sites for hydroxylation is 2. The molecular formula is C15H18N4. The molecule has 98 valence electrons. The molecule has 0 aromatic carbocycles. The smallest absolute Gasteiger partial charge is 0.0879 e. The van der Waals surface area contributed by atoms with Crippen molar-refractivity contribution >= 4 is 6.72 Å². The third-order valence-electron chi connectivity index (χ3n) is 2.86. The standard InChI is InChI=1S/C15H18N4/c1-11-6-13(8-17-10-16-3)9-19-15(11)14-4-5-18-12(2)7-14/h4-7,9,17H,3,8,10H2,1-2H3. The van der Waals surface area contributed by atoms with E-state index in [1.807, 2.05) is 25.4 Å². The lowest BCUT2D eigenvalue weighted by Gasteiger charge is -2.08. The molecule has 2 aromatic heterocycles. The summed E-state index contributed by atoms with van der Waals surface area (Å²) in [4.78, 5) is 12.5. The molecule has 0 spiro atoms. The molecule has 0 aliphatic carbocycles. The summed E-state index contributed by atoms with van der Waals surface area (Å²) in [5.74, 6) is 0. The van der Waals surface area contributed by atoms with Gasteiger partial charge in [0.2, 0.25) is 0 Å². The van der Waals surface area contributed by atoms with Gasteiger partial charge in [0.1, 0.15) is 0 Å². The molecule has 0 bridgehead atoms. The second-order valence-electron chi connectivity index (χ2n) is 4.50. The zero-order valence-electron chi connectivity index (χ0n) is 11.3. The summed E-state index contributed by atoms with van der Waals surface area (Å²) < 4.78 is 0. The van der Waals surface area contributed by atoms with Gasteiger partial charge in [-0.15, -0.1) is 0 Å². The van der Waals surface area contributed by atoms with Crippen LogP contribution in [0.5, 0.6) is 0 Å². The molecule has 19 heavy (non-hydrogen) atoms. The quantitative estimate of drug-likeness (QED) is 0.659. The van der Waals surface area contributed by atoms with Gasteiger partial charge in [-0.1, -0.05) is 6.07 Å². The molecule has 0 fully saturated rings. The number of aliphatic imine (C=N–C) groups is 1. The lowest BCUT2D eigenvalue weighted by Crippen LogP contribution is -2.13. The van der Waals surface area contributed by atoms with Crippen LogP contribution in [-0.4, -0.2) is 23.4 Å². The van der Waals surface area contributed by atoms with Crippen molar-refractivity contribution in [3.63, 3.8) is 0 Å². The minimum atomic E-state index is 0.560. The zero-order chi connectivity index (χ0) is 13.7. The van der Waals surface area contributed by atoms with Crippen LogP contribution in [0.2, 0.25) is 0 Å². The largest absolute Gasteiger partial charge is 0.294 e. The molecule has 0 aliphatic rings. The van der Waals surface area contributed by atoms with E-state index in [1.54, 1.807) is 0 Å². The van der Waals surface area contributed by atoms with Crippen molar-refractivity contribution in [2.45, 2.75) is 20.4 Å². The molecule has 0 atom stereocenters. The van der Waals surface area contributed by atoms with E-state index in [0.29, 0.717) is 6.67 Å². The highest BCUT2D eigenvalue weighted by atomic mass is 15.0. The van der Waals surface area contributed by atoms with E-state index in [2.05, 4.69) is 46.1 Å². The predicted octanol–water partition coefficient (Wildman–Crippen LogP) is 2.51. The van der Waals surface area contributed by atoms with Crippen LogP contribution in [0.3, 0.4) is 0 Å². The van der Waals surface area contributed by atoms with Crippen LogP contribution < -0.4 is 5.32 Å². The molecule has 0 aliphatic heterocycles. The molecule has 0 unspecified atom stereocenters. The van der Waals surface area contributed by atoms with Gasteiger partial charge in [-0.25, -0.2) is 0 Å². The average molecular weight is 254 g/mol. The maximum Gasteiger partial charge on any atom is 0.0879 e. The topological polar surface area (TPSA) is 50.2 Å². The van der Waals surface area contributed by atoms with Gasteiger partial charge in [0.05, 0.1) is 12.4 Å². The van der Waals surface area contributed by atoms with Gasteiger partial charge in [-0.05, 0) is 43.8 Å². The Labute approximate surface area is 113 Å². The van der Waals surface area contributed by atoms with Crippen molar-refractivity contribution < 1.29 is 0 Å². The van der Waals surface area contributed by atoms with Crippen molar-refractivity contribution in [2.75, 3.05) is 6.67 Å². The normalized spacial score (nSPS) is 10.4. The van der Waals surface area contributed by atoms with Gasteiger partial charge in [0.25, 0.3) is 0 Å². The minimum Gasteiger partial charge on any atom is -0.294 e. The maximum absolute atomic E-state index is 4.55. The lowest BCUT2D eigenvalue weighted by molar-refractivity contribution is 0.710. The molecule has 2 rings (SSSR count). The first-order valence-electron chi connectivity index (χ1n) is 6.22. The van der Waals surface area contributed by atoms with Crippen LogP contribution in [-0.2, 0) is 6.54 Å². The van der Waals surface area contributed by atoms with E-state index in [9.17, 15) is 0 Å². The average Bonchev–Trinajstić information content (AvgIpc) is 2.39. The van der Waals surface area contributed by atoms with Crippen molar-refractivity contribution in [2.24, 2.45) is 4.99 Å². The van der Waals surface area contributed by atoms with Crippen molar-refractivity contribution in [3.05, 3.63) is 47.4 Å². The summed E-state index contributed by atoms with van der Waals surface area (Å²) in [5, 5.41) is 3.17. The van der Waals surface area contributed by atoms with Gasteiger partial charge in [0.15, 0.2) is 0 Å².